The van der Waals surface area contributed by atoms with E-state index in [1.165, 1.54) is 13.2 Å². The van der Waals surface area contributed by atoms with Crippen LogP contribution in [0.4, 0.5) is 5.69 Å². The van der Waals surface area contributed by atoms with E-state index in [1.54, 1.807) is 18.2 Å². The van der Waals surface area contributed by atoms with E-state index in [0.29, 0.717) is 44.0 Å². The topological polar surface area (TPSA) is 122 Å². The quantitative estimate of drug-likeness (QED) is 0.286. The Kier molecular flexibility index (Phi) is 9.07. The molecule has 10 heteroatoms. The summed E-state index contributed by atoms with van der Waals surface area (Å²) in [7, 11) is -2.19. The molecule has 1 fully saturated rings. The highest BCUT2D eigenvalue weighted by atomic mass is 32.2. The minimum absolute atomic E-state index is 0.0978. The number of hydroxylamine groups is 1. The number of unbranched alkanes of at least 4 members (excludes halogenated alkanes) is 1. The van der Waals surface area contributed by atoms with Crippen LogP contribution in [0.25, 0.3) is 0 Å². The van der Waals surface area contributed by atoms with Crippen molar-refractivity contribution in [1.82, 2.24) is 10.2 Å². The third-order valence-corrected chi connectivity index (χ3v) is 6.77. The first-order valence-corrected chi connectivity index (χ1v) is 12.6. The summed E-state index contributed by atoms with van der Waals surface area (Å²) in [5.74, 6) is 0.281. The number of nitrogens with one attached hydrogen (secondary N) is 4. The van der Waals surface area contributed by atoms with Crippen molar-refractivity contribution in [2.24, 2.45) is 0 Å². The highest BCUT2D eigenvalue weighted by molar-refractivity contribution is 7.90. The third-order valence-electron chi connectivity index (χ3n) is 5.18. The predicted octanol–water partition coefficient (Wildman–Crippen LogP) is 4.07. The number of hydrogen-bond donors (Lipinski definition) is 4. The van der Waals surface area contributed by atoms with E-state index < -0.39 is 15.8 Å². The highest BCUT2D eigenvalue weighted by Crippen LogP contribution is 2.38. The first-order chi connectivity index (χ1) is 15.9. The zero-order valence-corrected chi connectivity index (χ0v) is 19.8. The Labute approximate surface area is 195 Å². The van der Waals surface area contributed by atoms with Gasteiger partial charge in [-0.1, -0.05) is 31.5 Å². The van der Waals surface area contributed by atoms with Crippen molar-refractivity contribution in [3.05, 3.63) is 48.0 Å². The molecular weight excluding hydrogens is 444 g/mol. The number of anilines is 1. The Morgan fingerprint density at radius 2 is 1.94 bits per heavy atom. The molecule has 2 aromatic rings. The molecule has 0 spiro atoms. The highest BCUT2D eigenvalue weighted by Gasteiger charge is 2.27. The van der Waals surface area contributed by atoms with Gasteiger partial charge in [-0.15, -0.1) is 0 Å². The van der Waals surface area contributed by atoms with Crippen LogP contribution < -0.4 is 20.3 Å². The van der Waals surface area contributed by atoms with Gasteiger partial charge in [0.1, 0.15) is 20.6 Å². The van der Waals surface area contributed by atoms with Gasteiger partial charge >= 0.3 is 0 Å². The van der Waals surface area contributed by atoms with Gasteiger partial charge in [-0.3, -0.25) is 9.63 Å². The minimum atomic E-state index is -3.53. The van der Waals surface area contributed by atoms with Crippen molar-refractivity contribution in [2.45, 2.75) is 43.5 Å². The molecule has 4 N–H and O–H groups in total. The number of carbonyl (C=O) groups is 1. The Morgan fingerprint density at radius 1 is 1.21 bits per heavy atom. The molecule has 0 aromatic heterocycles. The van der Waals surface area contributed by atoms with Crippen molar-refractivity contribution < 1.29 is 23.3 Å². The van der Waals surface area contributed by atoms with Crippen LogP contribution >= 0.6 is 0 Å². The second-order valence-electron chi connectivity index (χ2n) is 7.74. The molecule has 1 aliphatic rings. The molecular formula is C23H32N4O5S. The fourth-order valence-electron chi connectivity index (χ4n) is 3.45. The number of para-hydroxylation sites is 1. The maximum absolute atomic E-state index is 13.7. The maximum Gasteiger partial charge on any atom is 0.274 e. The molecule has 0 radical (unpaired) electrons. The summed E-state index contributed by atoms with van der Waals surface area (Å²) in [6.07, 6.45) is 3.16. The van der Waals surface area contributed by atoms with Crippen molar-refractivity contribution >= 4 is 21.5 Å². The van der Waals surface area contributed by atoms with Gasteiger partial charge < -0.3 is 14.8 Å². The molecule has 1 unspecified atom stereocenters. The Morgan fingerprint density at radius 3 is 2.61 bits per heavy atom. The largest absolute Gasteiger partial charge is 0.454 e. The van der Waals surface area contributed by atoms with E-state index in [0.717, 1.165) is 12.8 Å². The van der Waals surface area contributed by atoms with Crippen LogP contribution in [0.15, 0.2) is 47.4 Å². The monoisotopic (exact) mass is 476 g/mol. The molecule has 9 nitrogen and oxygen atoms in total. The average molecular weight is 477 g/mol. The van der Waals surface area contributed by atoms with Crippen LogP contribution in [0, 0.1) is 4.78 Å². The SMILES string of the molecule is CCCCNc1cc(C(=O)NOC)cc(S(=N)(=O)NC2CCOCC2)c1Oc1ccccc1. The lowest BCUT2D eigenvalue weighted by Crippen LogP contribution is -2.38. The number of hydrogen-bond acceptors (Lipinski definition) is 7. The molecule has 33 heavy (non-hydrogen) atoms. The fourth-order valence-corrected chi connectivity index (χ4v) is 4.99. The summed E-state index contributed by atoms with van der Waals surface area (Å²) < 4.78 is 37.0. The van der Waals surface area contributed by atoms with E-state index in [-0.39, 0.29) is 22.3 Å². The Hall–Kier alpha value is -2.66. The van der Waals surface area contributed by atoms with Crippen molar-refractivity contribution in [2.75, 3.05) is 32.2 Å². The molecule has 1 atom stereocenters. The second-order valence-corrected chi connectivity index (χ2v) is 9.53. The lowest BCUT2D eigenvalue weighted by molar-refractivity contribution is 0.0537. The molecule has 0 aliphatic carbocycles. The Balaban J connectivity index is 2.09. The molecule has 180 valence electrons. The average Bonchev–Trinajstić information content (AvgIpc) is 2.81. The summed E-state index contributed by atoms with van der Waals surface area (Å²) in [5, 5.41) is 3.29. The lowest BCUT2D eigenvalue weighted by atomic mass is 10.1. The molecule has 1 aliphatic heterocycles. The molecule has 1 heterocycles. The van der Waals surface area contributed by atoms with E-state index in [4.69, 9.17) is 19.1 Å². The Bertz CT molecular complexity index is 1020. The van der Waals surface area contributed by atoms with Crippen LogP contribution in [0.2, 0.25) is 0 Å². The van der Waals surface area contributed by atoms with E-state index >= 15 is 0 Å². The molecule has 0 saturated carbocycles. The molecule has 1 saturated heterocycles. The first-order valence-electron chi connectivity index (χ1n) is 11.1. The zero-order chi connectivity index (χ0) is 23.7. The third kappa shape index (κ3) is 6.91. The van der Waals surface area contributed by atoms with Crippen molar-refractivity contribution in [3.63, 3.8) is 0 Å². The van der Waals surface area contributed by atoms with Crippen LogP contribution in [-0.4, -0.2) is 43.0 Å². The van der Waals surface area contributed by atoms with Gasteiger partial charge in [-0.2, -0.15) is 0 Å². The molecule has 1 amide bonds. The number of rotatable bonds is 11. The molecule has 3 rings (SSSR count). The molecule has 2 aromatic carbocycles. The fraction of sp³-hybridized carbons (Fsp3) is 0.435. The second kappa shape index (κ2) is 12.0. The van der Waals surface area contributed by atoms with E-state index in [1.807, 2.05) is 18.2 Å². The van der Waals surface area contributed by atoms with Crippen LogP contribution in [0.1, 0.15) is 43.0 Å². The van der Waals surface area contributed by atoms with Gasteiger partial charge in [0.25, 0.3) is 5.91 Å². The minimum Gasteiger partial charge on any atom is -0.454 e. The van der Waals surface area contributed by atoms with Crippen molar-refractivity contribution in [1.29, 1.82) is 4.78 Å². The molecule has 0 bridgehead atoms. The standard InChI is InChI=1S/C23H32N4O5S/c1-3-4-12-25-20-15-17(23(28)26-30-2)16-21(22(20)32-19-8-6-5-7-9-19)33(24,29)27-18-10-13-31-14-11-18/h5-9,15-16,18,25H,3-4,10-14H2,1-2H3,(H,26,28)(H2,24,27,29). The van der Waals surface area contributed by atoms with Crippen molar-refractivity contribution in [3.8, 4) is 11.5 Å². The number of ether oxygens (including phenoxy) is 2. The summed E-state index contributed by atoms with van der Waals surface area (Å²) in [4.78, 5) is 17.4. The van der Waals surface area contributed by atoms with Gasteiger partial charge in [-0.05, 0) is 43.5 Å². The predicted molar refractivity (Wildman–Crippen MR) is 127 cm³/mol. The van der Waals surface area contributed by atoms with Crippen LogP contribution in [-0.2, 0) is 19.5 Å². The van der Waals surface area contributed by atoms with Gasteiger partial charge in [0.15, 0.2) is 5.75 Å². The number of benzene rings is 2. The van der Waals surface area contributed by atoms with Crippen LogP contribution in [0.5, 0.6) is 11.5 Å². The number of amides is 1. The summed E-state index contributed by atoms with van der Waals surface area (Å²) in [5.41, 5.74) is 2.98. The van der Waals surface area contributed by atoms with Gasteiger partial charge in [0.05, 0.1) is 12.8 Å². The summed E-state index contributed by atoms with van der Waals surface area (Å²) >= 11 is 0. The van der Waals surface area contributed by atoms with E-state index in [2.05, 4.69) is 22.4 Å². The maximum atomic E-state index is 13.7. The zero-order valence-electron chi connectivity index (χ0n) is 19.0. The normalized spacial score (nSPS) is 16.1. The lowest BCUT2D eigenvalue weighted by Gasteiger charge is -2.26. The smallest absolute Gasteiger partial charge is 0.274 e. The van der Waals surface area contributed by atoms with Gasteiger partial charge in [-0.25, -0.2) is 19.2 Å². The first kappa shape index (κ1) is 25.0. The van der Waals surface area contributed by atoms with Gasteiger partial charge in [0, 0.05) is 31.4 Å². The van der Waals surface area contributed by atoms with Gasteiger partial charge in [0.2, 0.25) is 0 Å². The number of carbonyl (C=O) groups excluding carboxylic acids is 1. The van der Waals surface area contributed by atoms with E-state index in [9.17, 15) is 9.00 Å². The summed E-state index contributed by atoms with van der Waals surface area (Å²) in [6, 6.07) is 12.0. The summed E-state index contributed by atoms with van der Waals surface area (Å²) in [6.45, 7) is 3.79. The van der Waals surface area contributed by atoms with Crippen LogP contribution in [0.3, 0.4) is 0 Å².